The summed E-state index contributed by atoms with van der Waals surface area (Å²) >= 11 is 10.8. The predicted molar refractivity (Wildman–Crippen MR) is 103 cm³/mol. The van der Waals surface area contributed by atoms with Crippen molar-refractivity contribution in [1.82, 2.24) is 5.32 Å². The van der Waals surface area contributed by atoms with Crippen molar-refractivity contribution in [1.29, 1.82) is 0 Å². The van der Waals surface area contributed by atoms with E-state index in [1.54, 1.807) is 0 Å². The lowest BCUT2D eigenvalue weighted by atomic mass is 9.95. The van der Waals surface area contributed by atoms with E-state index >= 15 is 0 Å². The Balaban J connectivity index is 1.75. The summed E-state index contributed by atoms with van der Waals surface area (Å²) in [5.41, 5.74) is -0.311. The molecule has 1 saturated heterocycles. The van der Waals surface area contributed by atoms with E-state index in [2.05, 4.69) is 5.32 Å². The van der Waals surface area contributed by atoms with Gasteiger partial charge in [0.05, 0.1) is 24.5 Å². The second kappa shape index (κ2) is 8.45. The van der Waals surface area contributed by atoms with E-state index in [1.807, 2.05) is 0 Å². The Kier molecular flexibility index (Phi) is 6.35. The molecule has 2 amide bonds. The predicted octanol–water partition coefficient (Wildman–Crippen LogP) is 2.63. The zero-order chi connectivity index (χ0) is 21.3. The van der Waals surface area contributed by atoms with Crippen molar-refractivity contribution < 1.29 is 31.5 Å². The van der Waals surface area contributed by atoms with Gasteiger partial charge in [-0.1, -0.05) is 29.3 Å². The van der Waals surface area contributed by atoms with Gasteiger partial charge in [0.25, 0.3) is 5.91 Å². The number of cyclic esters (lactones) is 1. The molecule has 158 valence electrons. The highest BCUT2D eigenvalue weighted by Crippen LogP contribution is 2.34. The molecule has 0 aliphatic carbocycles. The van der Waals surface area contributed by atoms with Crippen LogP contribution in [0, 0.1) is 11.6 Å². The lowest BCUT2D eigenvalue weighted by molar-refractivity contribution is -0.119. The van der Waals surface area contributed by atoms with Crippen LogP contribution in [-0.4, -0.2) is 50.2 Å². The van der Waals surface area contributed by atoms with Crippen molar-refractivity contribution in [3.05, 3.63) is 40.8 Å². The number of rotatable bonds is 5. The van der Waals surface area contributed by atoms with Crippen molar-refractivity contribution >= 4 is 50.7 Å². The fraction of sp³-hybridized carbons (Fsp3) is 0.412. The minimum Gasteiger partial charge on any atom is -0.442 e. The minimum absolute atomic E-state index is 0.0475. The number of benzene rings is 1. The molecule has 2 heterocycles. The molecule has 12 heteroatoms. The number of anilines is 1. The summed E-state index contributed by atoms with van der Waals surface area (Å²) in [5, 5.41) is 3.34. The highest BCUT2D eigenvalue weighted by Gasteiger charge is 2.34. The number of nitrogens with zero attached hydrogens (tertiary/aromatic N) is 1. The maximum atomic E-state index is 14.6. The van der Waals surface area contributed by atoms with Gasteiger partial charge in [-0.05, 0) is 18.6 Å². The Labute approximate surface area is 175 Å². The molecular weight excluding hydrogens is 453 g/mol. The number of sulfone groups is 1. The second-order valence-corrected chi connectivity index (χ2v) is 9.68. The molecule has 0 radical (unpaired) electrons. The number of allylic oxidation sites excluding steroid dienone is 1. The van der Waals surface area contributed by atoms with Gasteiger partial charge in [0.2, 0.25) is 0 Å². The van der Waals surface area contributed by atoms with E-state index in [4.69, 9.17) is 27.9 Å². The van der Waals surface area contributed by atoms with Crippen molar-refractivity contribution in [3.8, 4) is 0 Å². The Morgan fingerprint density at radius 3 is 2.52 bits per heavy atom. The van der Waals surface area contributed by atoms with Gasteiger partial charge >= 0.3 is 6.09 Å². The third-order valence-corrected chi connectivity index (χ3v) is 6.33. The lowest BCUT2D eigenvalue weighted by Gasteiger charge is -2.20. The van der Waals surface area contributed by atoms with Gasteiger partial charge in [-0.15, -0.1) is 0 Å². The van der Waals surface area contributed by atoms with E-state index in [9.17, 15) is 26.8 Å². The van der Waals surface area contributed by atoms with Crippen molar-refractivity contribution in [3.63, 3.8) is 0 Å². The first kappa shape index (κ1) is 21.8. The summed E-state index contributed by atoms with van der Waals surface area (Å²) < 4.78 is 57.2. The maximum Gasteiger partial charge on any atom is 0.414 e. The Morgan fingerprint density at radius 1 is 1.31 bits per heavy atom. The fourth-order valence-corrected chi connectivity index (χ4v) is 4.42. The highest BCUT2D eigenvalue weighted by atomic mass is 35.5. The van der Waals surface area contributed by atoms with Crippen LogP contribution in [0.3, 0.4) is 0 Å². The van der Waals surface area contributed by atoms with Gasteiger partial charge in [-0.25, -0.2) is 22.0 Å². The molecule has 0 saturated carbocycles. The van der Waals surface area contributed by atoms with E-state index < -0.39 is 50.3 Å². The summed E-state index contributed by atoms with van der Waals surface area (Å²) in [6.07, 6.45) is -0.269. The second-order valence-electron chi connectivity index (χ2n) is 6.58. The number of halogens is 4. The molecule has 7 nitrogen and oxygen atoms in total. The molecule has 0 bridgehead atoms. The first-order valence-electron chi connectivity index (χ1n) is 8.51. The average Bonchev–Trinajstić information content (AvgIpc) is 3.01. The molecule has 3 rings (SSSR count). The van der Waals surface area contributed by atoms with Crippen LogP contribution in [0.5, 0.6) is 0 Å². The first-order valence-corrected chi connectivity index (χ1v) is 11.1. The van der Waals surface area contributed by atoms with Crippen LogP contribution in [0.2, 0.25) is 0 Å². The monoisotopic (exact) mass is 468 g/mol. The third-order valence-electron chi connectivity index (χ3n) is 4.55. The smallest absolute Gasteiger partial charge is 0.414 e. The molecule has 2 aliphatic rings. The Bertz CT molecular complexity index is 948. The van der Waals surface area contributed by atoms with Crippen LogP contribution in [0.1, 0.15) is 17.9 Å². The van der Waals surface area contributed by atoms with Gasteiger partial charge in [0.1, 0.15) is 17.7 Å². The number of amides is 2. The average molecular weight is 469 g/mol. The number of alkyl halides is 2. The van der Waals surface area contributed by atoms with Crippen molar-refractivity contribution in [2.45, 2.75) is 23.3 Å². The highest BCUT2D eigenvalue weighted by molar-refractivity contribution is 7.94. The van der Waals surface area contributed by atoms with Gasteiger partial charge in [-0.2, -0.15) is 0 Å². The van der Waals surface area contributed by atoms with E-state index in [0.29, 0.717) is 0 Å². The number of hydrogen-bond donors (Lipinski definition) is 1. The molecule has 1 N–H and O–H groups in total. The van der Waals surface area contributed by atoms with Gasteiger partial charge in [0, 0.05) is 16.9 Å². The van der Waals surface area contributed by atoms with E-state index in [1.165, 1.54) is 6.08 Å². The van der Waals surface area contributed by atoms with Crippen molar-refractivity contribution in [2.24, 2.45) is 0 Å². The number of nitrogens with one attached hydrogen (secondary N) is 1. The van der Waals surface area contributed by atoms with Crippen LogP contribution < -0.4 is 10.2 Å². The van der Waals surface area contributed by atoms with Crippen LogP contribution in [0.15, 0.2) is 23.6 Å². The summed E-state index contributed by atoms with van der Waals surface area (Å²) in [6, 6.07) is 1.98. The van der Waals surface area contributed by atoms with Crippen LogP contribution in [0.4, 0.5) is 19.3 Å². The number of carbonyl (C=O) groups excluding carboxylic acids is 2. The van der Waals surface area contributed by atoms with Crippen LogP contribution >= 0.6 is 23.2 Å². The maximum absolute atomic E-state index is 14.6. The largest absolute Gasteiger partial charge is 0.442 e. The quantitative estimate of drug-likeness (QED) is 0.670. The van der Waals surface area contributed by atoms with Crippen LogP contribution in [-0.2, 0) is 19.4 Å². The molecule has 2 unspecified atom stereocenters. The molecule has 2 atom stereocenters. The zero-order valence-corrected chi connectivity index (χ0v) is 17.1. The minimum atomic E-state index is -3.34. The van der Waals surface area contributed by atoms with Crippen molar-refractivity contribution in [2.75, 3.05) is 23.7 Å². The summed E-state index contributed by atoms with van der Waals surface area (Å²) in [5.74, 6) is -3.38. The molecular formula is C17H16Cl2F2N2O5S. The standard InChI is InChI=1S/C17H16Cl2F2N2O5S/c18-15(19)16(24)22-7-11-8-23(17(25)28-11)10-5-12(20)14(13(21)6-10)9-1-3-29(26,27)4-2-9/h1,3,5-6,9,11,15H,2,4,7-8H2,(H,22,24). The topological polar surface area (TPSA) is 92.8 Å². The first-order chi connectivity index (χ1) is 13.6. The molecule has 0 spiro atoms. The summed E-state index contributed by atoms with van der Waals surface area (Å²) in [6.45, 7) is -0.116. The normalized spacial score (nSPS) is 23.3. The molecule has 2 aliphatic heterocycles. The van der Waals surface area contributed by atoms with Gasteiger partial charge in [0.15, 0.2) is 14.7 Å². The number of carbonyl (C=O) groups is 2. The Morgan fingerprint density at radius 2 is 1.97 bits per heavy atom. The van der Waals surface area contributed by atoms with E-state index in [-0.39, 0.29) is 36.5 Å². The summed E-state index contributed by atoms with van der Waals surface area (Å²) in [7, 11) is -3.34. The van der Waals surface area contributed by atoms with Crippen LogP contribution in [0.25, 0.3) is 0 Å². The lowest BCUT2D eigenvalue weighted by Crippen LogP contribution is -2.37. The molecule has 29 heavy (non-hydrogen) atoms. The van der Waals surface area contributed by atoms with Gasteiger partial charge in [-0.3, -0.25) is 9.69 Å². The fourth-order valence-electron chi connectivity index (χ4n) is 3.12. The molecule has 1 aromatic rings. The Hall–Kier alpha value is -1.91. The summed E-state index contributed by atoms with van der Waals surface area (Å²) in [4.78, 5) is 23.2. The number of ether oxygens (including phenoxy) is 1. The molecule has 0 aromatic heterocycles. The molecule has 1 fully saturated rings. The van der Waals surface area contributed by atoms with E-state index in [0.717, 1.165) is 22.4 Å². The third kappa shape index (κ3) is 4.99. The zero-order valence-electron chi connectivity index (χ0n) is 14.8. The molecule has 1 aromatic carbocycles. The number of hydrogen-bond acceptors (Lipinski definition) is 5. The SMILES string of the molecule is O=C(NCC1CN(c2cc(F)c(C3C=CS(=O)(=O)CC3)c(F)c2)C(=O)O1)C(Cl)Cl. The van der Waals surface area contributed by atoms with Gasteiger partial charge < -0.3 is 10.1 Å².